The first-order valence-corrected chi connectivity index (χ1v) is 6.45. The summed E-state index contributed by atoms with van der Waals surface area (Å²) in [5, 5.41) is 11.0. The molecule has 0 aliphatic carbocycles. The van der Waals surface area contributed by atoms with Gasteiger partial charge in [-0.1, -0.05) is 13.3 Å². The molecular formula is C12H20N4. The van der Waals surface area contributed by atoms with Gasteiger partial charge in [0, 0.05) is 12.1 Å². The maximum Gasteiger partial charge on any atom is 0.151 e. The number of H-pyrrole nitrogens is 1. The van der Waals surface area contributed by atoms with Gasteiger partial charge >= 0.3 is 0 Å². The summed E-state index contributed by atoms with van der Waals surface area (Å²) in [6, 6.07) is 0.579. The van der Waals surface area contributed by atoms with E-state index < -0.39 is 0 Å². The van der Waals surface area contributed by atoms with Crippen LogP contribution in [-0.4, -0.2) is 34.7 Å². The van der Waals surface area contributed by atoms with Crippen molar-refractivity contribution < 1.29 is 0 Å². The number of likely N-dealkylation sites (tertiary alicyclic amines) is 1. The molecule has 0 bridgehead atoms. The average Bonchev–Trinajstić information content (AvgIpc) is 2.91. The van der Waals surface area contributed by atoms with Gasteiger partial charge < -0.3 is 5.32 Å². The molecule has 0 aromatic carbocycles. The predicted octanol–water partition coefficient (Wildman–Crippen LogP) is 1.92. The molecule has 1 unspecified atom stereocenters. The quantitative estimate of drug-likeness (QED) is 0.800. The molecule has 0 radical (unpaired) electrons. The van der Waals surface area contributed by atoms with Crippen molar-refractivity contribution in [2.45, 2.75) is 38.6 Å². The molecule has 2 N–H and O–H groups in total. The van der Waals surface area contributed by atoms with Crippen molar-refractivity contribution in [3.63, 3.8) is 0 Å². The normalized spacial score (nSPS) is 25.4. The molecule has 0 saturated carbocycles. The van der Waals surface area contributed by atoms with E-state index in [9.17, 15) is 0 Å². The van der Waals surface area contributed by atoms with Crippen molar-refractivity contribution in [1.82, 2.24) is 15.1 Å². The highest BCUT2D eigenvalue weighted by Crippen LogP contribution is 2.35. The molecule has 3 rings (SSSR count). The van der Waals surface area contributed by atoms with Crippen LogP contribution in [0.4, 0.5) is 5.82 Å². The zero-order valence-electron chi connectivity index (χ0n) is 9.92. The van der Waals surface area contributed by atoms with Crippen molar-refractivity contribution in [2.24, 2.45) is 0 Å². The first-order chi connectivity index (χ1) is 7.90. The molecule has 1 fully saturated rings. The number of anilines is 1. The number of rotatable bonds is 2. The van der Waals surface area contributed by atoms with E-state index in [0.29, 0.717) is 6.04 Å². The summed E-state index contributed by atoms with van der Waals surface area (Å²) >= 11 is 0. The van der Waals surface area contributed by atoms with Gasteiger partial charge in [0.25, 0.3) is 0 Å². The van der Waals surface area contributed by atoms with Gasteiger partial charge in [-0.05, 0) is 32.4 Å². The largest absolute Gasteiger partial charge is 0.368 e. The number of fused-ring (bicyclic) bond motifs is 1. The van der Waals surface area contributed by atoms with Crippen LogP contribution in [0.1, 0.15) is 43.5 Å². The number of piperidine rings is 1. The van der Waals surface area contributed by atoms with E-state index in [-0.39, 0.29) is 0 Å². The Balaban J connectivity index is 1.89. The van der Waals surface area contributed by atoms with Gasteiger partial charge in [-0.3, -0.25) is 10.00 Å². The van der Waals surface area contributed by atoms with E-state index in [2.05, 4.69) is 27.3 Å². The molecule has 88 valence electrons. The van der Waals surface area contributed by atoms with Gasteiger partial charge in [0.15, 0.2) is 5.82 Å². The molecule has 1 aromatic rings. The van der Waals surface area contributed by atoms with Crippen molar-refractivity contribution in [3.05, 3.63) is 11.3 Å². The minimum absolute atomic E-state index is 0.579. The van der Waals surface area contributed by atoms with Crippen LogP contribution in [0.2, 0.25) is 0 Å². The summed E-state index contributed by atoms with van der Waals surface area (Å²) in [5.41, 5.74) is 2.81. The third kappa shape index (κ3) is 1.52. The topological polar surface area (TPSA) is 44.0 Å². The Morgan fingerprint density at radius 3 is 3.25 bits per heavy atom. The molecule has 2 aliphatic rings. The summed E-state index contributed by atoms with van der Waals surface area (Å²) in [4.78, 5) is 2.58. The van der Waals surface area contributed by atoms with E-state index in [1.54, 1.807) is 0 Å². The smallest absolute Gasteiger partial charge is 0.151 e. The number of hydrogen-bond donors (Lipinski definition) is 2. The van der Waals surface area contributed by atoms with Crippen molar-refractivity contribution in [2.75, 3.05) is 25.0 Å². The van der Waals surface area contributed by atoms with Crippen LogP contribution < -0.4 is 5.32 Å². The molecule has 4 nitrogen and oxygen atoms in total. The Bertz CT molecular complexity index is 371. The lowest BCUT2D eigenvalue weighted by Crippen LogP contribution is -2.33. The second kappa shape index (κ2) is 4.09. The molecule has 4 heteroatoms. The fraction of sp³-hybridized carbons (Fsp3) is 0.750. The summed E-state index contributed by atoms with van der Waals surface area (Å²) in [6.07, 6.45) is 5.11. The van der Waals surface area contributed by atoms with Gasteiger partial charge in [-0.2, -0.15) is 5.10 Å². The molecule has 0 spiro atoms. The van der Waals surface area contributed by atoms with Crippen LogP contribution in [0.5, 0.6) is 0 Å². The molecule has 1 saturated heterocycles. The minimum Gasteiger partial charge on any atom is -0.368 e. The number of aromatic nitrogens is 2. The van der Waals surface area contributed by atoms with E-state index in [4.69, 9.17) is 0 Å². The van der Waals surface area contributed by atoms with Crippen LogP contribution in [0.3, 0.4) is 0 Å². The third-order valence-electron chi connectivity index (χ3n) is 3.92. The number of aromatic amines is 1. The van der Waals surface area contributed by atoms with Gasteiger partial charge in [-0.15, -0.1) is 0 Å². The zero-order valence-corrected chi connectivity index (χ0v) is 9.92. The Morgan fingerprint density at radius 1 is 1.44 bits per heavy atom. The monoisotopic (exact) mass is 220 g/mol. The van der Waals surface area contributed by atoms with Crippen LogP contribution in [0.25, 0.3) is 0 Å². The Hall–Kier alpha value is -1.03. The van der Waals surface area contributed by atoms with Crippen LogP contribution in [0.15, 0.2) is 0 Å². The first-order valence-electron chi connectivity index (χ1n) is 6.45. The lowest BCUT2D eigenvalue weighted by atomic mass is 9.96. The summed E-state index contributed by atoms with van der Waals surface area (Å²) in [6.45, 7) is 5.69. The predicted molar refractivity (Wildman–Crippen MR) is 64.6 cm³/mol. The Labute approximate surface area is 96.4 Å². The second-order valence-electron chi connectivity index (χ2n) is 4.78. The summed E-state index contributed by atoms with van der Waals surface area (Å²) < 4.78 is 0. The lowest BCUT2D eigenvalue weighted by Gasteiger charge is -2.34. The molecular weight excluding hydrogens is 200 g/mol. The number of nitrogens with zero attached hydrogens (tertiary/aromatic N) is 2. The Morgan fingerprint density at radius 2 is 2.38 bits per heavy atom. The summed E-state index contributed by atoms with van der Waals surface area (Å²) in [7, 11) is 0. The van der Waals surface area contributed by atoms with Gasteiger partial charge in [0.2, 0.25) is 0 Å². The fourth-order valence-electron chi connectivity index (χ4n) is 3.06. The van der Waals surface area contributed by atoms with Crippen LogP contribution in [0, 0.1) is 0 Å². The minimum atomic E-state index is 0.579. The lowest BCUT2D eigenvalue weighted by molar-refractivity contribution is 0.153. The average molecular weight is 220 g/mol. The number of nitrogens with one attached hydrogen (secondary N) is 2. The highest BCUT2D eigenvalue weighted by atomic mass is 15.2. The fourth-order valence-corrected chi connectivity index (χ4v) is 3.06. The molecule has 0 amide bonds. The first kappa shape index (κ1) is 10.1. The Kier molecular flexibility index (Phi) is 2.59. The van der Waals surface area contributed by atoms with E-state index in [1.165, 1.54) is 37.1 Å². The van der Waals surface area contributed by atoms with Crippen molar-refractivity contribution in [3.8, 4) is 0 Å². The second-order valence-corrected chi connectivity index (χ2v) is 4.78. The molecule has 3 heterocycles. The molecule has 1 aromatic heterocycles. The molecule has 16 heavy (non-hydrogen) atoms. The van der Waals surface area contributed by atoms with E-state index in [1.807, 2.05) is 0 Å². The van der Waals surface area contributed by atoms with Crippen molar-refractivity contribution >= 4 is 5.82 Å². The van der Waals surface area contributed by atoms with Gasteiger partial charge in [-0.25, -0.2) is 0 Å². The maximum absolute atomic E-state index is 4.38. The zero-order chi connectivity index (χ0) is 11.0. The maximum atomic E-state index is 4.38. The third-order valence-corrected chi connectivity index (χ3v) is 3.92. The van der Waals surface area contributed by atoms with Crippen LogP contribution in [-0.2, 0) is 6.42 Å². The highest BCUT2D eigenvalue weighted by molar-refractivity contribution is 5.52. The van der Waals surface area contributed by atoms with E-state index in [0.717, 1.165) is 25.3 Å². The van der Waals surface area contributed by atoms with Crippen LogP contribution >= 0.6 is 0 Å². The molecule has 1 atom stereocenters. The molecule has 2 aliphatic heterocycles. The van der Waals surface area contributed by atoms with Gasteiger partial charge in [0.1, 0.15) is 0 Å². The number of hydrogen-bond acceptors (Lipinski definition) is 3. The highest BCUT2D eigenvalue weighted by Gasteiger charge is 2.29. The SMILES string of the molecule is CCN1CCCCC1c1[nH]nc2c1CCN2. The van der Waals surface area contributed by atoms with Crippen molar-refractivity contribution in [1.29, 1.82) is 0 Å². The van der Waals surface area contributed by atoms with E-state index >= 15 is 0 Å². The van der Waals surface area contributed by atoms with Gasteiger partial charge in [0.05, 0.1) is 11.7 Å². The summed E-state index contributed by atoms with van der Waals surface area (Å²) in [5.74, 6) is 1.09. The standard InChI is InChI=1S/C12H20N4/c1-2-16-8-4-3-5-10(16)11-9-6-7-13-12(9)15-14-11/h10H,2-8H2,1H3,(H2,13,14,15).